The van der Waals surface area contributed by atoms with E-state index in [1.165, 1.54) is 30.4 Å². The second-order valence-corrected chi connectivity index (χ2v) is 10.6. The Hall–Kier alpha value is -3.41. The van der Waals surface area contributed by atoms with E-state index < -0.39 is 0 Å². The number of benzene rings is 3. The Kier molecular flexibility index (Phi) is 8.57. The Morgan fingerprint density at radius 3 is 2.05 bits per heavy atom. The van der Waals surface area contributed by atoms with Gasteiger partial charge in [-0.05, 0) is 57.2 Å². The number of carbonyl (C=O) groups is 1. The molecule has 0 atom stereocenters. The van der Waals surface area contributed by atoms with Gasteiger partial charge in [-0.3, -0.25) is 4.79 Å². The second kappa shape index (κ2) is 12.4. The largest absolute Gasteiger partial charge is 0.349 e. The molecule has 4 aromatic rings. The van der Waals surface area contributed by atoms with Crippen LogP contribution in [0.4, 0.5) is 0 Å². The van der Waals surface area contributed by atoms with Crippen molar-refractivity contribution in [3.05, 3.63) is 107 Å². The summed E-state index contributed by atoms with van der Waals surface area (Å²) in [5, 5.41) is 4.46. The minimum Gasteiger partial charge on any atom is -0.349 e. The molecule has 5 nitrogen and oxygen atoms in total. The van der Waals surface area contributed by atoms with Crippen LogP contribution in [-0.2, 0) is 6.54 Å². The summed E-state index contributed by atoms with van der Waals surface area (Å²) in [5.74, 6) is -0.0328. The molecule has 0 saturated carbocycles. The van der Waals surface area contributed by atoms with Crippen molar-refractivity contribution in [1.29, 1.82) is 0 Å². The van der Waals surface area contributed by atoms with Gasteiger partial charge < -0.3 is 19.7 Å². The summed E-state index contributed by atoms with van der Waals surface area (Å²) >= 11 is 0. The van der Waals surface area contributed by atoms with E-state index in [2.05, 4.69) is 119 Å². The zero-order valence-corrected chi connectivity index (χ0v) is 22.8. The highest BCUT2D eigenvalue weighted by Gasteiger charge is 2.30. The maximum atomic E-state index is 14.1. The number of piperidine rings is 1. The lowest BCUT2D eigenvalue weighted by Gasteiger charge is -2.26. The van der Waals surface area contributed by atoms with E-state index in [1.807, 2.05) is 0 Å². The number of hydrogen-bond acceptors (Lipinski definition) is 3. The van der Waals surface area contributed by atoms with Crippen LogP contribution in [0.15, 0.2) is 84.9 Å². The van der Waals surface area contributed by atoms with Gasteiger partial charge in [0.1, 0.15) is 5.69 Å². The molecular weight excluding hydrogens is 468 g/mol. The molecule has 1 aromatic heterocycles. The number of likely N-dealkylation sites (tertiary alicyclic amines) is 1. The van der Waals surface area contributed by atoms with Crippen molar-refractivity contribution in [3.8, 4) is 0 Å². The molecule has 0 radical (unpaired) electrons. The van der Waals surface area contributed by atoms with Crippen LogP contribution in [0.2, 0.25) is 0 Å². The summed E-state index contributed by atoms with van der Waals surface area (Å²) in [7, 11) is 4.17. The molecule has 0 bridgehead atoms. The van der Waals surface area contributed by atoms with Gasteiger partial charge >= 0.3 is 0 Å². The van der Waals surface area contributed by atoms with Crippen molar-refractivity contribution in [2.45, 2.75) is 31.7 Å². The quantitative estimate of drug-likeness (QED) is 0.303. The predicted molar refractivity (Wildman–Crippen MR) is 157 cm³/mol. The summed E-state index contributed by atoms with van der Waals surface area (Å²) in [6.45, 7) is 5.43. The normalized spacial score (nSPS) is 14.4. The number of aromatic nitrogens is 1. The van der Waals surface area contributed by atoms with Gasteiger partial charge in [0.25, 0.3) is 5.91 Å². The third kappa shape index (κ3) is 5.85. The highest BCUT2D eigenvalue weighted by atomic mass is 16.2. The lowest BCUT2D eigenvalue weighted by atomic mass is 9.83. The molecule has 0 aliphatic carbocycles. The van der Waals surface area contributed by atoms with Crippen molar-refractivity contribution < 1.29 is 4.79 Å². The minimum absolute atomic E-state index is 0.0174. The second-order valence-electron chi connectivity index (χ2n) is 10.6. The van der Waals surface area contributed by atoms with Gasteiger partial charge in [-0.2, -0.15) is 0 Å². The summed E-state index contributed by atoms with van der Waals surface area (Å²) < 4.78 is 2.25. The number of para-hydroxylation sites is 1. The average Bonchev–Trinajstić information content (AvgIpc) is 3.28. The van der Waals surface area contributed by atoms with Crippen LogP contribution in [0.5, 0.6) is 0 Å². The predicted octanol–water partition coefficient (Wildman–Crippen LogP) is 5.60. The van der Waals surface area contributed by atoms with Crippen LogP contribution >= 0.6 is 0 Å². The van der Waals surface area contributed by atoms with Gasteiger partial charge in [0.05, 0.1) is 0 Å². The van der Waals surface area contributed by atoms with Crippen molar-refractivity contribution in [2.75, 3.05) is 46.8 Å². The first-order chi connectivity index (χ1) is 18.6. The molecule has 2 heterocycles. The summed E-state index contributed by atoms with van der Waals surface area (Å²) in [4.78, 5) is 18.8. The van der Waals surface area contributed by atoms with Gasteiger partial charge in [-0.25, -0.2) is 0 Å². The Bertz CT molecular complexity index is 1280. The fourth-order valence-corrected chi connectivity index (χ4v) is 5.81. The topological polar surface area (TPSA) is 40.5 Å². The van der Waals surface area contributed by atoms with Gasteiger partial charge in [0, 0.05) is 48.6 Å². The molecule has 5 heteroatoms. The van der Waals surface area contributed by atoms with Crippen molar-refractivity contribution in [2.24, 2.45) is 0 Å². The number of rotatable bonds is 10. The summed E-state index contributed by atoms with van der Waals surface area (Å²) in [6.07, 6.45) is 3.83. The molecule has 0 unspecified atom stereocenters. The molecular formula is C33H40N4O. The van der Waals surface area contributed by atoms with Crippen molar-refractivity contribution in [1.82, 2.24) is 19.7 Å². The number of hydrogen-bond donors (Lipinski definition) is 1. The first-order valence-electron chi connectivity index (χ1n) is 14.0. The molecule has 1 fully saturated rings. The van der Waals surface area contributed by atoms with Crippen LogP contribution in [0.1, 0.15) is 52.4 Å². The summed E-state index contributed by atoms with van der Waals surface area (Å²) in [6, 6.07) is 29.7. The van der Waals surface area contributed by atoms with Gasteiger partial charge in [-0.15, -0.1) is 0 Å². The maximum absolute atomic E-state index is 14.1. The van der Waals surface area contributed by atoms with Crippen LogP contribution in [-0.4, -0.2) is 67.1 Å². The highest BCUT2D eigenvalue weighted by molar-refractivity contribution is 6.02. The molecule has 1 aliphatic rings. The highest BCUT2D eigenvalue weighted by Crippen LogP contribution is 2.40. The standard InChI is InChI=1S/C33H40N4O/c1-35(2)24-25-37-29-19-11-10-18-28(29)31(32(37)33(38)34-20-23-36-21-12-5-13-22-36)30(26-14-6-3-7-15-26)27-16-8-4-9-17-27/h3-4,6-11,14-19,30H,5,12-13,20-25H2,1-2H3,(H,34,38). The third-order valence-electron chi connectivity index (χ3n) is 7.71. The molecule has 3 aromatic carbocycles. The van der Waals surface area contributed by atoms with Crippen molar-refractivity contribution in [3.63, 3.8) is 0 Å². The molecule has 198 valence electrons. The summed E-state index contributed by atoms with van der Waals surface area (Å²) in [5.41, 5.74) is 5.37. The van der Waals surface area contributed by atoms with Gasteiger partial charge in [0.15, 0.2) is 0 Å². The lowest BCUT2D eigenvalue weighted by Crippen LogP contribution is -2.38. The lowest BCUT2D eigenvalue weighted by molar-refractivity contribution is 0.0936. The van der Waals surface area contributed by atoms with Crippen LogP contribution in [0.25, 0.3) is 10.9 Å². The van der Waals surface area contributed by atoms with Crippen LogP contribution in [0, 0.1) is 0 Å². The number of nitrogens with zero attached hydrogens (tertiary/aromatic N) is 3. The van der Waals surface area contributed by atoms with E-state index in [0.29, 0.717) is 6.54 Å². The van der Waals surface area contributed by atoms with Gasteiger partial charge in [0.2, 0.25) is 0 Å². The van der Waals surface area contributed by atoms with E-state index in [-0.39, 0.29) is 11.8 Å². The Morgan fingerprint density at radius 2 is 1.42 bits per heavy atom. The van der Waals surface area contributed by atoms with Crippen LogP contribution < -0.4 is 5.32 Å². The maximum Gasteiger partial charge on any atom is 0.268 e. The number of carbonyl (C=O) groups excluding carboxylic acids is 1. The molecule has 5 rings (SSSR count). The number of likely N-dealkylation sites (N-methyl/N-ethyl adjacent to an activating group) is 1. The number of nitrogens with one attached hydrogen (secondary N) is 1. The Labute approximate surface area is 227 Å². The molecule has 38 heavy (non-hydrogen) atoms. The first-order valence-corrected chi connectivity index (χ1v) is 14.0. The van der Waals surface area contributed by atoms with E-state index >= 15 is 0 Å². The van der Waals surface area contributed by atoms with E-state index in [9.17, 15) is 4.79 Å². The first kappa shape index (κ1) is 26.2. The van der Waals surface area contributed by atoms with E-state index in [4.69, 9.17) is 0 Å². The molecule has 0 spiro atoms. The minimum atomic E-state index is -0.0502. The zero-order chi connectivity index (χ0) is 26.3. The van der Waals surface area contributed by atoms with E-state index in [1.54, 1.807) is 0 Å². The number of amides is 1. The molecule has 1 aliphatic heterocycles. The average molecular weight is 509 g/mol. The Morgan fingerprint density at radius 1 is 0.816 bits per heavy atom. The monoisotopic (exact) mass is 508 g/mol. The SMILES string of the molecule is CN(C)CCn1c(C(=O)NCCN2CCCCC2)c(C(c2ccccc2)c2ccccc2)c2ccccc21. The molecule has 1 saturated heterocycles. The Balaban J connectivity index is 1.62. The van der Waals surface area contributed by atoms with E-state index in [0.717, 1.165) is 54.9 Å². The van der Waals surface area contributed by atoms with Crippen molar-refractivity contribution >= 4 is 16.8 Å². The third-order valence-corrected chi connectivity index (χ3v) is 7.71. The fourth-order valence-electron chi connectivity index (χ4n) is 5.81. The zero-order valence-electron chi connectivity index (χ0n) is 22.8. The van der Waals surface area contributed by atoms with Crippen LogP contribution in [0.3, 0.4) is 0 Å². The fraction of sp³-hybridized carbons (Fsp3) is 0.364. The molecule has 1 amide bonds. The molecule has 1 N–H and O–H groups in total. The smallest absolute Gasteiger partial charge is 0.268 e. The van der Waals surface area contributed by atoms with Gasteiger partial charge in [-0.1, -0.05) is 85.3 Å². The number of fused-ring (bicyclic) bond motifs is 1.